The van der Waals surface area contributed by atoms with Crippen LogP contribution in [0.3, 0.4) is 0 Å². The molecule has 2 rings (SSSR count). The van der Waals surface area contributed by atoms with E-state index in [9.17, 15) is 15.0 Å². The summed E-state index contributed by atoms with van der Waals surface area (Å²) in [5.41, 5.74) is 0. The number of carbonyl (C=O) groups is 1. The fourth-order valence-electron chi connectivity index (χ4n) is 4.10. The molecule has 5 heteroatoms. The van der Waals surface area contributed by atoms with Gasteiger partial charge < -0.3 is 20.1 Å². The first-order valence-corrected chi connectivity index (χ1v) is 9.73. The lowest BCUT2D eigenvalue weighted by Gasteiger charge is -2.19. The van der Waals surface area contributed by atoms with Gasteiger partial charge in [-0.15, -0.1) is 11.8 Å². The first-order chi connectivity index (χ1) is 12.4. The quantitative estimate of drug-likeness (QED) is 0.333. The normalized spacial score (nSPS) is 32.8. The number of aliphatic hydroxyl groups is 2. The predicted octanol–water partition coefficient (Wildman–Crippen LogP) is 2.75. The Morgan fingerprint density at radius 2 is 2.12 bits per heavy atom. The summed E-state index contributed by atoms with van der Waals surface area (Å²) in [5, 5.41) is 29.3. The van der Waals surface area contributed by atoms with Crippen LogP contribution in [0.2, 0.25) is 0 Å². The summed E-state index contributed by atoms with van der Waals surface area (Å²) in [5.74, 6) is 5.45. The van der Waals surface area contributed by atoms with Crippen LogP contribution in [0.5, 0.6) is 0 Å². The van der Waals surface area contributed by atoms with E-state index in [4.69, 9.17) is 9.84 Å². The van der Waals surface area contributed by atoms with Gasteiger partial charge in [-0.25, -0.2) is 0 Å². The highest BCUT2D eigenvalue weighted by atomic mass is 16.5. The average Bonchev–Trinajstić information content (AvgIpc) is 3.10. The van der Waals surface area contributed by atoms with Crippen molar-refractivity contribution in [1.82, 2.24) is 0 Å². The lowest BCUT2D eigenvalue weighted by atomic mass is 9.88. The maximum atomic E-state index is 10.6. The first kappa shape index (κ1) is 21.0. The minimum atomic E-state index is -0.750. The molecule has 1 saturated carbocycles. The Morgan fingerprint density at radius 1 is 1.35 bits per heavy atom. The number of unbranched alkanes of at least 4 members (excludes halogenated alkanes) is 1. The maximum absolute atomic E-state index is 10.6. The Morgan fingerprint density at radius 3 is 2.81 bits per heavy atom. The molecule has 0 spiro atoms. The number of carboxylic acids is 1. The zero-order valence-corrected chi connectivity index (χ0v) is 15.8. The second-order valence-corrected chi connectivity index (χ2v) is 7.70. The molecule has 0 radical (unpaired) electrons. The Balaban J connectivity index is 1.83. The van der Waals surface area contributed by atoms with Crippen molar-refractivity contribution in [2.45, 2.75) is 83.2 Å². The van der Waals surface area contributed by atoms with Crippen LogP contribution in [-0.4, -0.2) is 45.7 Å². The van der Waals surface area contributed by atoms with E-state index < -0.39 is 18.2 Å². The van der Waals surface area contributed by atoms with E-state index in [-0.39, 0.29) is 36.4 Å². The van der Waals surface area contributed by atoms with Crippen molar-refractivity contribution in [3.8, 4) is 11.8 Å². The molecule has 2 fully saturated rings. The summed E-state index contributed by atoms with van der Waals surface area (Å²) in [6.07, 6.45) is 7.83. The minimum absolute atomic E-state index is 0.0168. The standard InChI is InChI=1S/C21H32O5/c1-3-4-7-14(2)18(22)11-10-16-17-12-15(8-5-6-9-21(24)25)26-20(17)13-19(16)23/h10-11,14-20,22-23H,5-9,12-13H2,1-2H3,(H,24,25)/t14?,15-,16-,17-,18-,19-,20+/m1/s1. The van der Waals surface area contributed by atoms with Crippen LogP contribution in [0.15, 0.2) is 12.2 Å². The number of fused-ring (bicyclic) bond motifs is 1. The molecule has 3 N–H and O–H groups in total. The molecule has 1 unspecified atom stereocenters. The van der Waals surface area contributed by atoms with Crippen LogP contribution < -0.4 is 0 Å². The van der Waals surface area contributed by atoms with Crippen molar-refractivity contribution in [3.05, 3.63) is 12.2 Å². The highest BCUT2D eigenvalue weighted by Gasteiger charge is 2.47. The van der Waals surface area contributed by atoms with Crippen LogP contribution >= 0.6 is 0 Å². The number of hydrogen-bond donors (Lipinski definition) is 3. The number of carboxylic acid groups (broad SMARTS) is 1. The number of aliphatic carboxylic acids is 1. The predicted molar refractivity (Wildman–Crippen MR) is 99.4 cm³/mol. The first-order valence-electron chi connectivity index (χ1n) is 9.73. The average molecular weight is 364 g/mol. The number of aliphatic hydroxyl groups excluding tert-OH is 2. The molecule has 1 aliphatic heterocycles. The SMILES string of the molecule is CC#CCC(C)[C@H](O)C=C[C@@H]1[C@H]2C[C@@H](CCCCC(=O)O)O[C@H]2C[C@H]1O. The summed E-state index contributed by atoms with van der Waals surface area (Å²) < 4.78 is 6.08. The van der Waals surface area contributed by atoms with Crippen molar-refractivity contribution in [2.75, 3.05) is 0 Å². The topological polar surface area (TPSA) is 87.0 Å². The fraction of sp³-hybridized carbons (Fsp3) is 0.762. The van der Waals surface area contributed by atoms with Crippen molar-refractivity contribution < 1.29 is 24.9 Å². The fourth-order valence-corrected chi connectivity index (χ4v) is 4.10. The van der Waals surface area contributed by atoms with Gasteiger partial charge >= 0.3 is 5.97 Å². The van der Waals surface area contributed by atoms with Gasteiger partial charge in [-0.3, -0.25) is 4.79 Å². The lowest BCUT2D eigenvalue weighted by Crippen LogP contribution is -2.20. The summed E-state index contributed by atoms with van der Waals surface area (Å²) in [7, 11) is 0. The molecule has 7 atom stereocenters. The largest absolute Gasteiger partial charge is 0.481 e. The van der Waals surface area contributed by atoms with Gasteiger partial charge in [-0.05, 0) is 38.0 Å². The Hall–Kier alpha value is -1.35. The Bertz CT molecular complexity index is 546. The molecule has 2 aliphatic rings. The van der Waals surface area contributed by atoms with Crippen LogP contribution in [0, 0.1) is 29.6 Å². The number of hydrogen-bond acceptors (Lipinski definition) is 4. The van der Waals surface area contributed by atoms with Gasteiger partial charge in [-0.1, -0.05) is 25.5 Å². The van der Waals surface area contributed by atoms with Crippen LogP contribution in [0.25, 0.3) is 0 Å². The summed E-state index contributed by atoms with van der Waals surface area (Å²) in [6.45, 7) is 3.77. The molecular formula is C21H32O5. The third kappa shape index (κ3) is 5.84. The zero-order chi connectivity index (χ0) is 19.1. The third-order valence-corrected chi connectivity index (χ3v) is 5.67. The molecule has 1 aliphatic carbocycles. The van der Waals surface area contributed by atoms with Gasteiger partial charge in [0.15, 0.2) is 0 Å². The van der Waals surface area contributed by atoms with Gasteiger partial charge in [0.2, 0.25) is 0 Å². The maximum Gasteiger partial charge on any atom is 0.303 e. The van der Waals surface area contributed by atoms with Crippen LogP contribution in [0.1, 0.15) is 58.8 Å². The van der Waals surface area contributed by atoms with E-state index in [2.05, 4.69) is 11.8 Å². The van der Waals surface area contributed by atoms with E-state index in [0.717, 1.165) is 19.3 Å². The van der Waals surface area contributed by atoms with E-state index in [1.807, 2.05) is 13.0 Å². The molecule has 0 aromatic heterocycles. The van der Waals surface area contributed by atoms with E-state index >= 15 is 0 Å². The molecule has 1 saturated heterocycles. The highest BCUT2D eigenvalue weighted by molar-refractivity contribution is 5.66. The van der Waals surface area contributed by atoms with Gasteiger partial charge in [0.05, 0.1) is 24.4 Å². The Labute approximate surface area is 156 Å². The van der Waals surface area contributed by atoms with Crippen molar-refractivity contribution in [3.63, 3.8) is 0 Å². The summed E-state index contributed by atoms with van der Waals surface area (Å²) >= 11 is 0. The smallest absolute Gasteiger partial charge is 0.303 e. The molecule has 146 valence electrons. The molecule has 26 heavy (non-hydrogen) atoms. The lowest BCUT2D eigenvalue weighted by molar-refractivity contribution is -0.137. The molecule has 5 nitrogen and oxygen atoms in total. The summed E-state index contributed by atoms with van der Waals surface area (Å²) in [4.78, 5) is 10.6. The molecule has 0 aromatic rings. The molecule has 0 amide bonds. The molecule has 1 heterocycles. The van der Waals surface area contributed by atoms with Crippen molar-refractivity contribution in [1.29, 1.82) is 0 Å². The van der Waals surface area contributed by atoms with E-state index in [1.54, 1.807) is 13.0 Å². The monoisotopic (exact) mass is 364 g/mol. The van der Waals surface area contributed by atoms with Crippen LogP contribution in [0.4, 0.5) is 0 Å². The molecular weight excluding hydrogens is 332 g/mol. The van der Waals surface area contributed by atoms with Crippen molar-refractivity contribution >= 4 is 5.97 Å². The van der Waals surface area contributed by atoms with Gasteiger partial charge in [0.1, 0.15) is 0 Å². The number of ether oxygens (including phenoxy) is 1. The number of rotatable bonds is 9. The van der Waals surface area contributed by atoms with E-state index in [0.29, 0.717) is 19.3 Å². The van der Waals surface area contributed by atoms with Crippen molar-refractivity contribution in [2.24, 2.45) is 17.8 Å². The molecule has 0 bridgehead atoms. The van der Waals surface area contributed by atoms with Gasteiger partial charge in [0.25, 0.3) is 0 Å². The second kappa shape index (κ2) is 10.1. The van der Waals surface area contributed by atoms with E-state index in [1.165, 1.54) is 0 Å². The summed E-state index contributed by atoms with van der Waals surface area (Å²) in [6, 6.07) is 0. The minimum Gasteiger partial charge on any atom is -0.481 e. The highest BCUT2D eigenvalue weighted by Crippen LogP contribution is 2.45. The second-order valence-electron chi connectivity index (χ2n) is 7.70. The van der Waals surface area contributed by atoms with Gasteiger partial charge in [-0.2, -0.15) is 0 Å². The third-order valence-electron chi connectivity index (χ3n) is 5.67. The zero-order valence-electron chi connectivity index (χ0n) is 15.8. The van der Waals surface area contributed by atoms with Crippen LogP contribution in [-0.2, 0) is 9.53 Å². The van der Waals surface area contributed by atoms with Gasteiger partial charge in [0, 0.05) is 25.2 Å². The molecule has 0 aromatic carbocycles. The Kier molecular flexibility index (Phi) is 8.15.